The summed E-state index contributed by atoms with van der Waals surface area (Å²) < 4.78 is 0. The van der Waals surface area contributed by atoms with Crippen LogP contribution in [-0.2, 0) is 6.54 Å². The number of aromatic nitrogens is 3. The number of rotatable bonds is 5. The van der Waals surface area contributed by atoms with Gasteiger partial charge in [-0.15, -0.1) is 0 Å². The smallest absolute Gasteiger partial charge is 0.135 e. The summed E-state index contributed by atoms with van der Waals surface area (Å²) in [5, 5.41) is 7.47. The molecule has 0 saturated heterocycles. The van der Waals surface area contributed by atoms with Gasteiger partial charge in [-0.05, 0) is 30.3 Å². The Morgan fingerprint density at radius 1 is 0.870 bits per heavy atom. The first kappa shape index (κ1) is 15.5. The first-order chi connectivity index (χ1) is 11.2. The van der Waals surface area contributed by atoms with Gasteiger partial charge < -0.3 is 10.6 Å². The summed E-state index contributed by atoms with van der Waals surface area (Å²) in [4.78, 5) is 12.6. The van der Waals surface area contributed by atoms with Crippen LogP contribution in [0.2, 0.25) is 10.0 Å². The van der Waals surface area contributed by atoms with Gasteiger partial charge >= 0.3 is 0 Å². The molecule has 116 valence electrons. The maximum atomic E-state index is 5.99. The Bertz CT molecular complexity index is 775. The molecular weight excluding hydrogens is 333 g/mol. The lowest BCUT2D eigenvalue weighted by Crippen LogP contribution is -2.04. The van der Waals surface area contributed by atoms with Gasteiger partial charge in [0.15, 0.2) is 0 Å². The van der Waals surface area contributed by atoms with Crippen molar-refractivity contribution in [2.45, 2.75) is 6.54 Å². The molecule has 2 heterocycles. The highest BCUT2D eigenvalue weighted by Gasteiger charge is 2.02. The van der Waals surface area contributed by atoms with Gasteiger partial charge in [-0.1, -0.05) is 29.3 Å². The molecule has 2 aromatic heterocycles. The highest BCUT2D eigenvalue weighted by atomic mass is 35.5. The minimum absolute atomic E-state index is 0.558. The number of nitrogens with one attached hydrogen (secondary N) is 2. The lowest BCUT2D eigenvalue weighted by molar-refractivity contribution is 1.02. The molecule has 0 atom stereocenters. The number of halogens is 2. The zero-order valence-corrected chi connectivity index (χ0v) is 13.5. The second-order valence-corrected chi connectivity index (χ2v) is 5.62. The molecule has 0 amide bonds. The average molecular weight is 346 g/mol. The summed E-state index contributed by atoms with van der Waals surface area (Å²) in [6, 6.07) is 12.8. The van der Waals surface area contributed by atoms with Crippen molar-refractivity contribution in [1.82, 2.24) is 15.0 Å². The lowest BCUT2D eigenvalue weighted by atomic mass is 10.3. The molecule has 23 heavy (non-hydrogen) atoms. The van der Waals surface area contributed by atoms with Crippen LogP contribution in [0.3, 0.4) is 0 Å². The van der Waals surface area contributed by atoms with E-state index in [1.54, 1.807) is 30.5 Å². The molecule has 1 aromatic carbocycles. The lowest BCUT2D eigenvalue weighted by Gasteiger charge is -2.09. The zero-order chi connectivity index (χ0) is 16.1. The Morgan fingerprint density at radius 3 is 2.39 bits per heavy atom. The van der Waals surface area contributed by atoms with Crippen molar-refractivity contribution in [3.63, 3.8) is 0 Å². The maximum absolute atomic E-state index is 5.99. The summed E-state index contributed by atoms with van der Waals surface area (Å²) in [5.41, 5.74) is 1.69. The van der Waals surface area contributed by atoms with Crippen LogP contribution in [0.5, 0.6) is 0 Å². The van der Waals surface area contributed by atoms with E-state index in [9.17, 15) is 0 Å². The SMILES string of the molecule is Clc1cc(Cl)cc(Nc2cc(NCc3ccccn3)ncn2)c1. The average Bonchev–Trinajstić information content (AvgIpc) is 2.53. The summed E-state index contributed by atoms with van der Waals surface area (Å²) in [6.45, 7) is 0.584. The van der Waals surface area contributed by atoms with E-state index in [0.29, 0.717) is 28.2 Å². The number of nitrogens with zero attached hydrogens (tertiary/aromatic N) is 3. The van der Waals surface area contributed by atoms with Crippen LogP contribution in [0.4, 0.5) is 17.3 Å². The number of anilines is 3. The van der Waals surface area contributed by atoms with Crippen LogP contribution in [-0.4, -0.2) is 15.0 Å². The van der Waals surface area contributed by atoms with Gasteiger partial charge in [-0.2, -0.15) is 0 Å². The number of hydrogen-bond donors (Lipinski definition) is 2. The maximum Gasteiger partial charge on any atom is 0.135 e. The van der Waals surface area contributed by atoms with Gasteiger partial charge in [0.05, 0.1) is 12.2 Å². The van der Waals surface area contributed by atoms with Crippen molar-refractivity contribution < 1.29 is 0 Å². The highest BCUT2D eigenvalue weighted by Crippen LogP contribution is 2.25. The van der Waals surface area contributed by atoms with Crippen molar-refractivity contribution in [3.8, 4) is 0 Å². The Morgan fingerprint density at radius 2 is 1.65 bits per heavy atom. The van der Waals surface area contributed by atoms with Crippen molar-refractivity contribution in [2.24, 2.45) is 0 Å². The van der Waals surface area contributed by atoms with E-state index in [0.717, 1.165) is 11.4 Å². The molecule has 0 aliphatic heterocycles. The Balaban J connectivity index is 1.69. The van der Waals surface area contributed by atoms with Crippen LogP contribution in [0.15, 0.2) is 55.0 Å². The fraction of sp³-hybridized carbons (Fsp3) is 0.0625. The van der Waals surface area contributed by atoms with E-state index in [-0.39, 0.29) is 0 Å². The molecule has 5 nitrogen and oxygen atoms in total. The molecule has 0 radical (unpaired) electrons. The number of benzene rings is 1. The third kappa shape index (κ3) is 4.55. The van der Waals surface area contributed by atoms with Gasteiger partial charge in [0.1, 0.15) is 18.0 Å². The van der Waals surface area contributed by atoms with E-state index in [4.69, 9.17) is 23.2 Å². The van der Waals surface area contributed by atoms with Gasteiger partial charge in [0.25, 0.3) is 0 Å². The predicted molar refractivity (Wildman–Crippen MR) is 93.3 cm³/mol. The monoisotopic (exact) mass is 345 g/mol. The van der Waals surface area contributed by atoms with Crippen molar-refractivity contribution >= 4 is 40.5 Å². The van der Waals surface area contributed by atoms with E-state index in [1.807, 2.05) is 18.2 Å². The predicted octanol–water partition coefficient (Wildman–Crippen LogP) is 4.53. The quantitative estimate of drug-likeness (QED) is 0.710. The summed E-state index contributed by atoms with van der Waals surface area (Å²) >= 11 is 12.0. The van der Waals surface area contributed by atoms with E-state index < -0.39 is 0 Å². The molecule has 0 aliphatic rings. The van der Waals surface area contributed by atoms with Gasteiger partial charge in [-0.3, -0.25) is 4.98 Å². The van der Waals surface area contributed by atoms with Crippen LogP contribution in [0, 0.1) is 0 Å². The van der Waals surface area contributed by atoms with Gasteiger partial charge in [0, 0.05) is 28.0 Å². The minimum Gasteiger partial charge on any atom is -0.364 e. The fourth-order valence-corrected chi connectivity index (χ4v) is 2.51. The molecule has 0 aliphatic carbocycles. The number of hydrogen-bond acceptors (Lipinski definition) is 5. The molecule has 0 saturated carbocycles. The first-order valence-electron chi connectivity index (χ1n) is 6.88. The van der Waals surface area contributed by atoms with Gasteiger partial charge in [-0.25, -0.2) is 9.97 Å². The summed E-state index contributed by atoms with van der Waals surface area (Å²) in [7, 11) is 0. The van der Waals surface area contributed by atoms with Crippen LogP contribution in [0.1, 0.15) is 5.69 Å². The molecule has 3 aromatic rings. The molecule has 0 fully saturated rings. The highest BCUT2D eigenvalue weighted by molar-refractivity contribution is 6.35. The van der Waals surface area contributed by atoms with Crippen LogP contribution < -0.4 is 10.6 Å². The third-order valence-electron chi connectivity index (χ3n) is 2.98. The summed E-state index contributed by atoms with van der Waals surface area (Å²) in [5.74, 6) is 1.34. The zero-order valence-electron chi connectivity index (χ0n) is 12.0. The molecule has 3 rings (SSSR count). The van der Waals surface area contributed by atoms with Crippen molar-refractivity contribution in [1.29, 1.82) is 0 Å². The van der Waals surface area contributed by atoms with Crippen LogP contribution >= 0.6 is 23.2 Å². The number of pyridine rings is 1. The van der Waals surface area contributed by atoms with E-state index >= 15 is 0 Å². The third-order valence-corrected chi connectivity index (χ3v) is 3.42. The largest absolute Gasteiger partial charge is 0.364 e. The van der Waals surface area contributed by atoms with E-state index in [2.05, 4.69) is 25.6 Å². The Hall–Kier alpha value is -2.37. The molecule has 0 unspecified atom stereocenters. The van der Waals surface area contributed by atoms with Crippen molar-refractivity contribution in [2.75, 3.05) is 10.6 Å². The molecule has 0 bridgehead atoms. The molecule has 7 heteroatoms. The first-order valence-corrected chi connectivity index (χ1v) is 7.63. The van der Waals surface area contributed by atoms with Crippen LogP contribution in [0.25, 0.3) is 0 Å². The molecular formula is C16H13Cl2N5. The fourth-order valence-electron chi connectivity index (χ4n) is 1.98. The summed E-state index contributed by atoms with van der Waals surface area (Å²) in [6.07, 6.45) is 3.24. The normalized spacial score (nSPS) is 10.3. The second-order valence-electron chi connectivity index (χ2n) is 4.75. The standard InChI is InChI=1S/C16H13Cl2N5/c17-11-5-12(18)7-14(6-11)23-16-8-15(21-10-22-16)20-9-13-3-1-2-4-19-13/h1-8,10H,9H2,(H2,20,21,22,23). The minimum atomic E-state index is 0.558. The Labute approximate surface area is 143 Å². The van der Waals surface area contributed by atoms with Crippen molar-refractivity contribution in [3.05, 3.63) is 70.7 Å². The molecule has 0 spiro atoms. The van der Waals surface area contributed by atoms with E-state index in [1.165, 1.54) is 6.33 Å². The van der Waals surface area contributed by atoms with Gasteiger partial charge in [0.2, 0.25) is 0 Å². The molecule has 2 N–H and O–H groups in total. The second kappa shape index (κ2) is 7.26. The topological polar surface area (TPSA) is 62.7 Å². The Kier molecular flexibility index (Phi) is 4.90.